The highest BCUT2D eigenvalue weighted by Crippen LogP contribution is 2.55. The molecule has 1 saturated carbocycles. The second-order valence-electron chi connectivity index (χ2n) is 20.0. The molecule has 0 spiro atoms. The molecule has 3 atom stereocenters. The van der Waals surface area contributed by atoms with Gasteiger partial charge in [0.25, 0.3) is 5.91 Å². The van der Waals surface area contributed by atoms with E-state index in [0.717, 1.165) is 59.5 Å². The lowest BCUT2D eigenvalue weighted by molar-refractivity contribution is -0.164. The number of carbonyl (C=O) groups excluding carboxylic acids is 4. The molecule has 4 amide bonds. The number of carbonyl (C=O) groups is 4. The number of rotatable bonds is 19. The summed E-state index contributed by atoms with van der Waals surface area (Å²) in [6.07, 6.45) is 5.19. The van der Waals surface area contributed by atoms with Crippen molar-refractivity contribution >= 4 is 46.6 Å². The molecule has 2 aromatic carbocycles. The second kappa shape index (κ2) is 21.7. The molecule has 4 N–H and O–H groups in total. The molecule has 6 rings (SSSR count). The van der Waals surface area contributed by atoms with Crippen LogP contribution in [0.4, 0.5) is 0 Å². The fraction of sp³-hybridized carbons (Fsp3) is 0.510. The summed E-state index contributed by atoms with van der Waals surface area (Å²) in [5.41, 5.74) is 4.98. The van der Waals surface area contributed by atoms with Gasteiger partial charge in [-0.2, -0.15) is 5.26 Å². The summed E-state index contributed by atoms with van der Waals surface area (Å²) in [5, 5.41) is 29.1. The number of nitrogens with one attached hydrogen (secondary N) is 3. The van der Waals surface area contributed by atoms with Gasteiger partial charge in [0.15, 0.2) is 0 Å². The Morgan fingerprint density at radius 2 is 1.69 bits per heavy atom. The van der Waals surface area contributed by atoms with Crippen molar-refractivity contribution in [3.05, 3.63) is 99.3 Å². The van der Waals surface area contributed by atoms with Crippen molar-refractivity contribution in [2.24, 2.45) is 16.2 Å². The minimum Gasteiger partial charge on any atom is -0.489 e. The predicted molar refractivity (Wildman–Crippen MR) is 258 cm³/mol. The molecule has 14 nitrogen and oxygen atoms in total. The Balaban J connectivity index is 0.878. The van der Waals surface area contributed by atoms with Gasteiger partial charge in [-0.3, -0.25) is 24.2 Å². The number of nitriles is 1. The Kier molecular flexibility index (Phi) is 16.5. The average molecular weight is 955 g/mol. The van der Waals surface area contributed by atoms with E-state index in [1.807, 2.05) is 64.1 Å². The molecule has 358 valence electrons. The van der Waals surface area contributed by atoms with E-state index >= 15 is 0 Å². The predicted octanol–water partition coefficient (Wildman–Crippen LogP) is 7.58. The molecule has 0 radical (unpaired) electrons. The van der Waals surface area contributed by atoms with Crippen molar-refractivity contribution in [2.45, 2.75) is 131 Å². The number of aliphatic hydroxyl groups is 1. The monoisotopic (exact) mass is 953 g/mol. The molecule has 0 bridgehead atoms. The lowest BCUT2D eigenvalue weighted by atomic mass is 9.49. The maximum absolute atomic E-state index is 14.0. The molecule has 16 heteroatoms. The molecule has 2 aromatic heterocycles. The zero-order valence-corrected chi connectivity index (χ0v) is 41.4. The van der Waals surface area contributed by atoms with Gasteiger partial charge in [-0.25, -0.2) is 4.98 Å². The van der Waals surface area contributed by atoms with E-state index < -0.39 is 35.4 Å². The average Bonchev–Trinajstić information content (AvgIpc) is 3.91. The minimum absolute atomic E-state index is 0.0152. The molecule has 1 saturated heterocycles. The van der Waals surface area contributed by atoms with Crippen LogP contribution in [0.5, 0.6) is 5.75 Å². The summed E-state index contributed by atoms with van der Waals surface area (Å²) in [7, 11) is 0. The van der Waals surface area contributed by atoms with Crippen LogP contribution in [0.3, 0.4) is 0 Å². The number of likely N-dealkylation sites (tertiary alicyclic amines) is 1. The third kappa shape index (κ3) is 12.4. The maximum atomic E-state index is 14.0. The lowest BCUT2D eigenvalue weighted by Crippen LogP contribution is -2.74. The highest BCUT2D eigenvalue weighted by atomic mass is 35.5. The van der Waals surface area contributed by atoms with Gasteiger partial charge in [0, 0.05) is 60.8 Å². The normalized spacial score (nSPS) is 20.0. The summed E-state index contributed by atoms with van der Waals surface area (Å²) >= 11 is 7.75. The van der Waals surface area contributed by atoms with E-state index in [0.29, 0.717) is 28.5 Å². The Morgan fingerprint density at radius 3 is 2.31 bits per heavy atom. The smallest absolute Gasteiger partial charge is 0.251 e. The number of hydrogen-bond donors (Lipinski definition) is 4. The molecule has 4 aromatic rings. The van der Waals surface area contributed by atoms with Crippen LogP contribution in [-0.2, 0) is 32.1 Å². The molecule has 1 aliphatic carbocycles. The van der Waals surface area contributed by atoms with Gasteiger partial charge < -0.3 is 35.4 Å². The Morgan fingerprint density at radius 1 is 0.985 bits per heavy atom. The van der Waals surface area contributed by atoms with Crippen LogP contribution in [0.1, 0.15) is 113 Å². The first-order chi connectivity index (χ1) is 31.7. The summed E-state index contributed by atoms with van der Waals surface area (Å²) in [5.74, 6) is -0.805. The fourth-order valence-corrected chi connectivity index (χ4v) is 10.5. The van der Waals surface area contributed by atoms with Crippen LogP contribution in [-0.4, -0.2) is 93.7 Å². The van der Waals surface area contributed by atoms with Gasteiger partial charge in [-0.05, 0) is 73.1 Å². The van der Waals surface area contributed by atoms with E-state index in [2.05, 4.69) is 59.7 Å². The number of benzene rings is 2. The van der Waals surface area contributed by atoms with Crippen LogP contribution in [0.15, 0.2) is 66.3 Å². The molecule has 3 heterocycles. The number of halogens is 1. The van der Waals surface area contributed by atoms with Crippen LogP contribution in [0.2, 0.25) is 5.02 Å². The van der Waals surface area contributed by atoms with Gasteiger partial charge >= 0.3 is 0 Å². The first-order valence-corrected chi connectivity index (χ1v) is 24.2. The molecule has 1 aliphatic heterocycles. The lowest BCUT2D eigenvalue weighted by Gasteiger charge is -2.63. The number of aryl methyl sites for hydroxylation is 2. The minimum atomic E-state index is -0.947. The SMILES string of the molecule is Cc1ncsc1-c1ccc(CNC(=O)[C@@H]2C[C@@H](O)CN2C(=O)[C@@H](NC(=O)COCCCCCCc2ccc(C(=O)NC3C(C)(C)C(Oc4ccc(C#N)c(Cl)c4)C3(C)C)cc2)C(C)(C)C)cn1. The molecule has 0 unspecified atom stereocenters. The number of hydrogen-bond acceptors (Lipinski definition) is 11. The number of ether oxygens (including phenoxy) is 2. The zero-order valence-electron chi connectivity index (χ0n) is 39.8. The molecule has 2 aliphatic rings. The van der Waals surface area contributed by atoms with Crippen molar-refractivity contribution in [1.29, 1.82) is 5.26 Å². The van der Waals surface area contributed by atoms with Crippen molar-refractivity contribution in [2.75, 3.05) is 19.8 Å². The zero-order chi connectivity index (χ0) is 48.7. The number of pyridine rings is 1. The highest BCUT2D eigenvalue weighted by Gasteiger charge is 2.64. The first-order valence-electron chi connectivity index (χ1n) is 23.0. The number of aliphatic hydroxyl groups excluding tert-OH is 1. The Hall–Kier alpha value is -5.40. The summed E-state index contributed by atoms with van der Waals surface area (Å²) in [6, 6.07) is 16.6. The van der Waals surface area contributed by atoms with Gasteiger partial charge in [-0.1, -0.05) is 91.1 Å². The van der Waals surface area contributed by atoms with E-state index in [-0.39, 0.29) is 60.9 Å². The standard InChI is InChI=1S/C51H64ClN7O7S/c1-31-42(67-30-56-31)39-21-16-33(26-54-39)27-55-45(63)40-23-36(60)28-59(40)46(64)43(49(2,3)4)57-41(61)29-65-22-12-10-9-11-13-32-14-17-34(18-15-32)44(62)58-47-50(5,6)48(51(47,7)8)66-37-20-19-35(25-53)38(52)24-37/h14-21,24,26,30,36,40,43,47-48,60H,9-13,22-23,27-29H2,1-8H3,(H,55,63)(H,57,61)(H,58,62)/t36-,40+,43-,47?,48?/m1/s1. The third-order valence-electron chi connectivity index (χ3n) is 12.9. The van der Waals surface area contributed by atoms with E-state index in [9.17, 15) is 29.5 Å². The van der Waals surface area contributed by atoms with Crippen molar-refractivity contribution < 1.29 is 33.8 Å². The topological polar surface area (TPSA) is 196 Å². The molecular formula is C51H64ClN7O7S. The van der Waals surface area contributed by atoms with Gasteiger partial charge in [0.2, 0.25) is 17.7 Å². The van der Waals surface area contributed by atoms with E-state index in [1.165, 1.54) is 16.2 Å². The van der Waals surface area contributed by atoms with Crippen LogP contribution in [0.25, 0.3) is 10.6 Å². The number of thiazole rings is 1. The number of β-amino-alcohol motifs (C(OH)–C–C–N with tert-alkyl or cyclic N) is 1. The third-order valence-corrected chi connectivity index (χ3v) is 14.2. The van der Waals surface area contributed by atoms with Crippen molar-refractivity contribution in [3.63, 3.8) is 0 Å². The molecule has 67 heavy (non-hydrogen) atoms. The number of unbranched alkanes of at least 4 members (excludes halogenated alkanes) is 3. The number of aromatic nitrogens is 2. The van der Waals surface area contributed by atoms with Crippen LogP contribution >= 0.6 is 22.9 Å². The first kappa shape index (κ1) is 51.0. The second-order valence-corrected chi connectivity index (χ2v) is 21.3. The Labute approximate surface area is 403 Å². The van der Waals surface area contributed by atoms with Crippen LogP contribution < -0.4 is 20.7 Å². The summed E-state index contributed by atoms with van der Waals surface area (Å²) in [4.78, 5) is 65.0. The quantitative estimate of drug-likeness (QED) is 0.0681. The molecule has 2 fully saturated rings. The Bertz CT molecular complexity index is 2410. The number of amides is 4. The van der Waals surface area contributed by atoms with Crippen molar-refractivity contribution in [1.82, 2.24) is 30.8 Å². The summed E-state index contributed by atoms with van der Waals surface area (Å²) in [6.45, 7) is 16.1. The van der Waals surface area contributed by atoms with E-state index in [1.54, 1.807) is 29.9 Å². The van der Waals surface area contributed by atoms with Gasteiger partial charge in [0.1, 0.15) is 36.6 Å². The van der Waals surface area contributed by atoms with Gasteiger partial charge in [0.05, 0.1) is 38.5 Å². The number of nitrogens with zero attached hydrogens (tertiary/aromatic N) is 4. The van der Waals surface area contributed by atoms with E-state index in [4.69, 9.17) is 21.1 Å². The van der Waals surface area contributed by atoms with Gasteiger partial charge in [-0.15, -0.1) is 11.3 Å². The highest BCUT2D eigenvalue weighted by molar-refractivity contribution is 7.13. The van der Waals surface area contributed by atoms with Crippen LogP contribution in [0, 0.1) is 34.5 Å². The largest absolute Gasteiger partial charge is 0.489 e. The van der Waals surface area contributed by atoms with Crippen molar-refractivity contribution in [3.8, 4) is 22.4 Å². The maximum Gasteiger partial charge on any atom is 0.251 e. The summed E-state index contributed by atoms with van der Waals surface area (Å²) < 4.78 is 12.1. The molecular weight excluding hydrogens is 890 g/mol. The fourth-order valence-electron chi connectivity index (χ4n) is 9.53.